The van der Waals surface area contributed by atoms with Gasteiger partial charge in [0.1, 0.15) is 0 Å². The first kappa shape index (κ1) is 17.3. The number of carbonyl (C=O) groups excluding carboxylic acids is 2. The summed E-state index contributed by atoms with van der Waals surface area (Å²) in [6.45, 7) is 0.571. The van der Waals surface area contributed by atoms with Crippen molar-refractivity contribution in [2.45, 2.75) is 44.2 Å². The van der Waals surface area contributed by atoms with Gasteiger partial charge in [-0.25, -0.2) is 0 Å². The maximum atomic E-state index is 12.9. The summed E-state index contributed by atoms with van der Waals surface area (Å²) in [5.41, 5.74) is 1.07. The fourth-order valence-electron chi connectivity index (χ4n) is 4.16. The predicted octanol–water partition coefficient (Wildman–Crippen LogP) is 3.74. The maximum absolute atomic E-state index is 12.9. The predicted molar refractivity (Wildman–Crippen MR) is 103 cm³/mol. The third-order valence-corrected chi connectivity index (χ3v) is 6.48. The summed E-state index contributed by atoms with van der Waals surface area (Å²) in [4.78, 5) is 28.4. The highest BCUT2D eigenvalue weighted by Gasteiger charge is 2.39. The molecule has 2 atom stereocenters. The molecule has 2 aliphatic rings. The van der Waals surface area contributed by atoms with E-state index in [2.05, 4.69) is 5.32 Å². The molecule has 4 rings (SSSR count). The Hall–Kier alpha value is -2.14. The summed E-state index contributed by atoms with van der Waals surface area (Å²) < 4.78 is 0. The SMILES string of the molecule is O=C(NC(c1ccccc1)c1cccs1)C1CC(=O)N(C2CCCC2)C1. The average Bonchev–Trinajstić information content (AvgIpc) is 3.41. The minimum absolute atomic E-state index is 0.0129. The molecule has 0 radical (unpaired) electrons. The van der Waals surface area contributed by atoms with Crippen LogP contribution in [0.4, 0.5) is 0 Å². The van der Waals surface area contributed by atoms with Gasteiger partial charge in [0.05, 0.1) is 12.0 Å². The van der Waals surface area contributed by atoms with Crippen LogP contribution in [0.3, 0.4) is 0 Å². The number of hydrogen-bond donors (Lipinski definition) is 1. The minimum atomic E-state index is -0.241. The van der Waals surface area contributed by atoms with Gasteiger partial charge in [-0.1, -0.05) is 49.2 Å². The van der Waals surface area contributed by atoms with Crippen LogP contribution in [0.2, 0.25) is 0 Å². The van der Waals surface area contributed by atoms with E-state index in [1.165, 1.54) is 12.8 Å². The summed E-state index contributed by atoms with van der Waals surface area (Å²) in [6, 6.07) is 14.3. The Morgan fingerprint density at radius 2 is 1.88 bits per heavy atom. The highest BCUT2D eigenvalue weighted by atomic mass is 32.1. The van der Waals surface area contributed by atoms with Gasteiger partial charge in [-0.15, -0.1) is 11.3 Å². The Kier molecular flexibility index (Phi) is 5.07. The van der Waals surface area contributed by atoms with E-state index in [9.17, 15) is 9.59 Å². The molecule has 0 spiro atoms. The molecule has 2 aromatic rings. The number of thiophene rings is 1. The summed E-state index contributed by atoms with van der Waals surface area (Å²) in [5.74, 6) is -0.111. The standard InChI is InChI=1S/C21H24N2O2S/c24-19-13-16(14-23(19)17-9-4-5-10-17)21(25)22-20(18-11-6-12-26-18)15-7-2-1-3-8-15/h1-3,6-8,11-12,16-17,20H,4-5,9-10,13-14H2,(H,22,25). The van der Waals surface area contributed by atoms with Crippen LogP contribution < -0.4 is 5.32 Å². The van der Waals surface area contributed by atoms with E-state index in [1.54, 1.807) is 11.3 Å². The van der Waals surface area contributed by atoms with E-state index in [1.807, 2.05) is 52.7 Å². The van der Waals surface area contributed by atoms with E-state index < -0.39 is 0 Å². The normalized spacial score (nSPS) is 21.9. The molecule has 2 heterocycles. The van der Waals surface area contributed by atoms with Crippen molar-refractivity contribution in [2.24, 2.45) is 5.92 Å². The number of nitrogens with one attached hydrogen (secondary N) is 1. The quantitative estimate of drug-likeness (QED) is 0.874. The van der Waals surface area contributed by atoms with Crippen molar-refractivity contribution in [3.8, 4) is 0 Å². The molecule has 0 bridgehead atoms. The Morgan fingerprint density at radius 1 is 1.12 bits per heavy atom. The molecule has 5 heteroatoms. The van der Waals surface area contributed by atoms with Gasteiger partial charge in [-0.2, -0.15) is 0 Å². The lowest BCUT2D eigenvalue weighted by Gasteiger charge is -2.24. The molecular weight excluding hydrogens is 344 g/mol. The average molecular weight is 369 g/mol. The Labute approximate surface area is 158 Å². The third-order valence-electron chi connectivity index (χ3n) is 5.54. The van der Waals surface area contributed by atoms with Crippen LogP contribution >= 0.6 is 11.3 Å². The molecule has 1 aliphatic heterocycles. The van der Waals surface area contributed by atoms with Crippen molar-refractivity contribution in [1.29, 1.82) is 0 Å². The Bertz CT molecular complexity index is 754. The number of nitrogens with zero attached hydrogens (tertiary/aromatic N) is 1. The molecule has 136 valence electrons. The van der Waals surface area contributed by atoms with Crippen LogP contribution in [0.15, 0.2) is 47.8 Å². The van der Waals surface area contributed by atoms with E-state index in [-0.39, 0.29) is 23.8 Å². The lowest BCUT2D eigenvalue weighted by atomic mass is 10.0. The molecule has 1 saturated carbocycles. The molecule has 1 aliphatic carbocycles. The molecule has 1 saturated heterocycles. The van der Waals surface area contributed by atoms with Crippen LogP contribution in [0.25, 0.3) is 0 Å². The molecule has 2 amide bonds. The zero-order valence-electron chi connectivity index (χ0n) is 14.8. The van der Waals surface area contributed by atoms with Gasteiger partial charge in [-0.05, 0) is 29.9 Å². The first-order chi connectivity index (χ1) is 12.7. The van der Waals surface area contributed by atoms with Crippen molar-refractivity contribution in [3.63, 3.8) is 0 Å². The van der Waals surface area contributed by atoms with Crippen LogP contribution in [-0.4, -0.2) is 29.3 Å². The second kappa shape index (κ2) is 7.62. The first-order valence-corrected chi connectivity index (χ1v) is 10.3. The van der Waals surface area contributed by atoms with E-state index >= 15 is 0 Å². The highest BCUT2D eigenvalue weighted by molar-refractivity contribution is 7.10. The van der Waals surface area contributed by atoms with Crippen LogP contribution in [0, 0.1) is 5.92 Å². The fourth-order valence-corrected chi connectivity index (χ4v) is 4.96. The number of carbonyl (C=O) groups is 2. The summed E-state index contributed by atoms with van der Waals surface area (Å²) in [7, 11) is 0. The Balaban J connectivity index is 1.48. The smallest absolute Gasteiger partial charge is 0.226 e. The molecule has 2 fully saturated rings. The minimum Gasteiger partial charge on any atom is -0.344 e. The van der Waals surface area contributed by atoms with Crippen molar-refractivity contribution >= 4 is 23.2 Å². The molecule has 2 unspecified atom stereocenters. The summed E-state index contributed by atoms with van der Waals surface area (Å²) in [6.07, 6.45) is 4.90. The van der Waals surface area contributed by atoms with Gasteiger partial charge in [0, 0.05) is 23.9 Å². The highest BCUT2D eigenvalue weighted by Crippen LogP contribution is 2.31. The molecule has 1 aromatic carbocycles. The van der Waals surface area contributed by atoms with Gasteiger partial charge in [0.15, 0.2) is 0 Å². The van der Waals surface area contributed by atoms with Crippen molar-refractivity contribution in [1.82, 2.24) is 10.2 Å². The number of rotatable bonds is 5. The monoisotopic (exact) mass is 368 g/mol. The van der Waals surface area contributed by atoms with Gasteiger partial charge in [-0.3, -0.25) is 9.59 Å². The Morgan fingerprint density at radius 3 is 2.58 bits per heavy atom. The zero-order chi connectivity index (χ0) is 17.9. The number of likely N-dealkylation sites (tertiary alicyclic amines) is 1. The first-order valence-electron chi connectivity index (χ1n) is 9.40. The van der Waals surface area contributed by atoms with Gasteiger partial charge in [0.2, 0.25) is 11.8 Å². The molecule has 1 aromatic heterocycles. The molecular formula is C21H24N2O2S. The largest absolute Gasteiger partial charge is 0.344 e. The van der Waals surface area contributed by atoms with E-state index in [4.69, 9.17) is 0 Å². The number of amides is 2. The van der Waals surface area contributed by atoms with Gasteiger partial charge >= 0.3 is 0 Å². The van der Waals surface area contributed by atoms with Crippen molar-refractivity contribution in [2.75, 3.05) is 6.54 Å². The number of benzene rings is 1. The molecule has 1 N–H and O–H groups in total. The van der Waals surface area contributed by atoms with Crippen molar-refractivity contribution in [3.05, 3.63) is 58.3 Å². The summed E-state index contributed by atoms with van der Waals surface area (Å²) >= 11 is 1.64. The van der Waals surface area contributed by atoms with Gasteiger partial charge < -0.3 is 10.2 Å². The van der Waals surface area contributed by atoms with Gasteiger partial charge in [0.25, 0.3) is 0 Å². The van der Waals surface area contributed by atoms with E-state index in [0.717, 1.165) is 23.3 Å². The lowest BCUT2D eigenvalue weighted by Crippen LogP contribution is -2.38. The molecule has 26 heavy (non-hydrogen) atoms. The fraction of sp³-hybridized carbons (Fsp3) is 0.429. The third kappa shape index (κ3) is 3.54. The van der Waals surface area contributed by atoms with E-state index in [0.29, 0.717) is 19.0 Å². The van der Waals surface area contributed by atoms with Crippen molar-refractivity contribution < 1.29 is 9.59 Å². The maximum Gasteiger partial charge on any atom is 0.226 e. The van der Waals surface area contributed by atoms with Crippen LogP contribution in [0.1, 0.15) is 48.6 Å². The number of hydrogen-bond acceptors (Lipinski definition) is 3. The zero-order valence-corrected chi connectivity index (χ0v) is 15.6. The second-order valence-electron chi connectivity index (χ2n) is 7.25. The topological polar surface area (TPSA) is 49.4 Å². The second-order valence-corrected chi connectivity index (χ2v) is 8.23. The molecule has 4 nitrogen and oxygen atoms in total. The lowest BCUT2D eigenvalue weighted by molar-refractivity contribution is -0.130. The summed E-state index contributed by atoms with van der Waals surface area (Å²) in [5, 5.41) is 5.23. The van der Waals surface area contributed by atoms with Crippen LogP contribution in [0.5, 0.6) is 0 Å². The van der Waals surface area contributed by atoms with Crippen LogP contribution in [-0.2, 0) is 9.59 Å².